The fraction of sp³-hybridized carbons (Fsp3) is 0.0714. The van der Waals surface area contributed by atoms with Crippen molar-refractivity contribution >= 4 is 21.5 Å². The molecule has 132 valence electrons. The van der Waals surface area contributed by atoms with Crippen LogP contribution >= 0.6 is 0 Å². The van der Waals surface area contributed by atoms with Gasteiger partial charge in [-0.15, -0.1) is 0 Å². The summed E-state index contributed by atoms with van der Waals surface area (Å²) in [5, 5.41) is 5.40. The van der Waals surface area contributed by atoms with Crippen LogP contribution in [0.2, 0.25) is 0 Å². The molecule has 0 atom stereocenters. The Morgan fingerprint density at radius 1 is 0.536 bits per heavy atom. The second-order valence-electron chi connectivity index (χ2n) is 7.81. The molecular formula is C28H20. The monoisotopic (exact) mass is 356 g/mol. The summed E-state index contributed by atoms with van der Waals surface area (Å²) in [6, 6.07) is 35.7. The molecule has 0 heterocycles. The second kappa shape index (κ2) is 6.07. The third kappa shape index (κ3) is 2.38. The van der Waals surface area contributed by atoms with Gasteiger partial charge in [-0.3, -0.25) is 0 Å². The minimum absolute atomic E-state index is 0.983. The maximum absolute atomic E-state index is 2.42. The highest BCUT2D eigenvalue weighted by atomic mass is 14.2. The summed E-state index contributed by atoms with van der Waals surface area (Å²) in [6.07, 6.45) is 2.02. The van der Waals surface area contributed by atoms with Crippen molar-refractivity contribution in [2.45, 2.75) is 12.8 Å². The van der Waals surface area contributed by atoms with Gasteiger partial charge in [0, 0.05) is 0 Å². The van der Waals surface area contributed by atoms with Crippen molar-refractivity contribution in [2.24, 2.45) is 0 Å². The maximum Gasteiger partial charge on any atom is -0.00132 e. The molecule has 0 saturated carbocycles. The molecule has 6 rings (SSSR count). The highest BCUT2D eigenvalue weighted by Crippen LogP contribution is 2.43. The lowest BCUT2D eigenvalue weighted by Crippen LogP contribution is -1.90. The van der Waals surface area contributed by atoms with Gasteiger partial charge in [-0.1, -0.05) is 97.1 Å². The molecule has 0 amide bonds. The van der Waals surface area contributed by atoms with E-state index in [-0.39, 0.29) is 0 Å². The van der Waals surface area contributed by atoms with Gasteiger partial charge >= 0.3 is 0 Å². The Morgan fingerprint density at radius 2 is 1.32 bits per heavy atom. The largest absolute Gasteiger partial charge is 0.0622 e. The van der Waals surface area contributed by atoms with Crippen molar-refractivity contribution in [2.75, 3.05) is 0 Å². The summed E-state index contributed by atoms with van der Waals surface area (Å²) in [5.74, 6) is 0. The van der Waals surface area contributed by atoms with E-state index in [0.29, 0.717) is 0 Å². The minimum Gasteiger partial charge on any atom is -0.0622 e. The molecule has 0 nitrogen and oxygen atoms in total. The summed E-state index contributed by atoms with van der Waals surface area (Å²) < 4.78 is 0. The summed E-state index contributed by atoms with van der Waals surface area (Å²) in [4.78, 5) is 0. The third-order valence-corrected chi connectivity index (χ3v) is 6.09. The molecule has 0 aliphatic heterocycles. The quantitative estimate of drug-likeness (QED) is 0.289. The lowest BCUT2D eigenvalue weighted by molar-refractivity contribution is 1.18. The molecule has 1 aliphatic rings. The van der Waals surface area contributed by atoms with Crippen LogP contribution in [0.4, 0.5) is 0 Å². The molecule has 0 saturated heterocycles. The van der Waals surface area contributed by atoms with Crippen LogP contribution in [0.1, 0.15) is 22.3 Å². The van der Waals surface area contributed by atoms with Gasteiger partial charge in [0.15, 0.2) is 0 Å². The highest BCUT2D eigenvalue weighted by molar-refractivity contribution is 6.13. The Morgan fingerprint density at radius 3 is 2.25 bits per heavy atom. The van der Waals surface area contributed by atoms with Crippen LogP contribution in [-0.2, 0) is 12.8 Å². The van der Waals surface area contributed by atoms with E-state index < -0.39 is 0 Å². The van der Waals surface area contributed by atoms with E-state index in [4.69, 9.17) is 0 Å². The number of fused-ring (bicyclic) bond motifs is 7. The van der Waals surface area contributed by atoms with E-state index in [1.165, 1.54) is 54.9 Å². The molecule has 0 bridgehead atoms. The van der Waals surface area contributed by atoms with Crippen LogP contribution in [0.15, 0.2) is 97.1 Å². The Bertz CT molecular complexity index is 1340. The first-order valence-corrected chi connectivity index (χ1v) is 9.96. The van der Waals surface area contributed by atoms with Gasteiger partial charge in [-0.05, 0) is 67.8 Å². The highest BCUT2D eigenvalue weighted by Gasteiger charge is 2.21. The minimum atomic E-state index is 0.983. The van der Waals surface area contributed by atoms with Crippen LogP contribution in [0.5, 0.6) is 0 Å². The smallest absolute Gasteiger partial charge is 0.00132 e. The van der Waals surface area contributed by atoms with Gasteiger partial charge in [0.1, 0.15) is 0 Å². The number of hydrogen-bond acceptors (Lipinski definition) is 0. The van der Waals surface area contributed by atoms with E-state index in [1.807, 2.05) is 0 Å². The lowest BCUT2D eigenvalue weighted by Gasteiger charge is -2.11. The van der Waals surface area contributed by atoms with E-state index in [0.717, 1.165) is 12.8 Å². The molecule has 0 N–H and O–H groups in total. The Hall–Kier alpha value is -3.38. The van der Waals surface area contributed by atoms with Crippen LogP contribution in [0.25, 0.3) is 32.7 Å². The first-order chi connectivity index (χ1) is 13.9. The summed E-state index contributed by atoms with van der Waals surface area (Å²) in [5.41, 5.74) is 8.51. The molecule has 5 aromatic carbocycles. The van der Waals surface area contributed by atoms with Crippen LogP contribution in [-0.4, -0.2) is 0 Å². The predicted molar refractivity (Wildman–Crippen MR) is 119 cm³/mol. The van der Waals surface area contributed by atoms with Gasteiger partial charge in [0.25, 0.3) is 0 Å². The van der Waals surface area contributed by atoms with Gasteiger partial charge in [0.2, 0.25) is 0 Å². The molecule has 0 radical (unpaired) electrons. The van der Waals surface area contributed by atoms with Crippen LogP contribution in [0, 0.1) is 0 Å². The number of benzene rings is 5. The first-order valence-electron chi connectivity index (χ1n) is 9.96. The molecule has 1 aliphatic carbocycles. The molecule has 0 unspecified atom stereocenters. The molecule has 0 heteroatoms. The SMILES string of the molecule is c1ccc(Cc2ccc3c(c2)-c2c(ccc4c2ccc2ccccc24)C3)cc1. The van der Waals surface area contributed by atoms with Crippen LogP contribution in [0.3, 0.4) is 0 Å². The molecule has 0 aromatic heterocycles. The summed E-state index contributed by atoms with van der Waals surface area (Å²) in [6.45, 7) is 0. The number of hydrogen-bond donors (Lipinski definition) is 0. The third-order valence-electron chi connectivity index (χ3n) is 6.09. The maximum atomic E-state index is 2.42. The summed E-state index contributed by atoms with van der Waals surface area (Å²) in [7, 11) is 0. The fourth-order valence-electron chi connectivity index (χ4n) is 4.76. The van der Waals surface area contributed by atoms with Crippen molar-refractivity contribution in [1.29, 1.82) is 0 Å². The Labute approximate surface area is 165 Å². The Balaban J connectivity index is 1.55. The van der Waals surface area contributed by atoms with E-state index in [2.05, 4.69) is 97.1 Å². The standard InChI is InChI=1S/C28H20/c1-2-6-19(7-3-1)16-20-10-11-22-18-23-13-14-25-24-9-5-4-8-21(24)12-15-26(25)28(23)27(22)17-20/h1-15,17H,16,18H2. The van der Waals surface area contributed by atoms with E-state index >= 15 is 0 Å². The van der Waals surface area contributed by atoms with Crippen LogP contribution < -0.4 is 0 Å². The Kier molecular flexibility index (Phi) is 3.39. The zero-order chi connectivity index (χ0) is 18.5. The topological polar surface area (TPSA) is 0 Å². The van der Waals surface area contributed by atoms with Crippen molar-refractivity contribution < 1.29 is 0 Å². The molecule has 28 heavy (non-hydrogen) atoms. The molecule has 5 aromatic rings. The predicted octanol–water partition coefficient (Wildman–Crippen LogP) is 7.16. The van der Waals surface area contributed by atoms with Gasteiger partial charge in [-0.2, -0.15) is 0 Å². The first kappa shape index (κ1) is 15.7. The van der Waals surface area contributed by atoms with E-state index in [9.17, 15) is 0 Å². The molecule has 0 fully saturated rings. The van der Waals surface area contributed by atoms with Gasteiger partial charge < -0.3 is 0 Å². The lowest BCUT2D eigenvalue weighted by atomic mass is 9.93. The zero-order valence-corrected chi connectivity index (χ0v) is 15.7. The van der Waals surface area contributed by atoms with Gasteiger partial charge in [0.05, 0.1) is 0 Å². The van der Waals surface area contributed by atoms with Crippen molar-refractivity contribution in [3.63, 3.8) is 0 Å². The summed E-state index contributed by atoms with van der Waals surface area (Å²) >= 11 is 0. The fourth-order valence-corrected chi connectivity index (χ4v) is 4.76. The molecular weight excluding hydrogens is 336 g/mol. The average Bonchev–Trinajstić information content (AvgIpc) is 3.12. The van der Waals surface area contributed by atoms with Crippen molar-refractivity contribution in [3.8, 4) is 11.1 Å². The van der Waals surface area contributed by atoms with E-state index in [1.54, 1.807) is 0 Å². The van der Waals surface area contributed by atoms with Crippen molar-refractivity contribution in [3.05, 3.63) is 119 Å². The molecule has 0 spiro atoms. The van der Waals surface area contributed by atoms with Gasteiger partial charge in [-0.25, -0.2) is 0 Å². The second-order valence-corrected chi connectivity index (χ2v) is 7.81. The average molecular weight is 356 g/mol. The normalized spacial score (nSPS) is 12.3. The number of rotatable bonds is 2. The zero-order valence-electron chi connectivity index (χ0n) is 15.7. The van der Waals surface area contributed by atoms with Crippen molar-refractivity contribution in [1.82, 2.24) is 0 Å².